The van der Waals surface area contributed by atoms with Crippen LogP contribution in [0.4, 0.5) is 16.2 Å². The summed E-state index contributed by atoms with van der Waals surface area (Å²) in [5, 5.41) is 17.0. The van der Waals surface area contributed by atoms with Gasteiger partial charge in [-0.05, 0) is 55.7 Å². The summed E-state index contributed by atoms with van der Waals surface area (Å²) in [4.78, 5) is 61.7. The number of likely N-dealkylation sites (N-methyl/N-ethyl adjacent to an activating group) is 1. The molecule has 4 amide bonds. The average molecular weight is 572 g/mol. The Hall–Kier alpha value is -4.65. The van der Waals surface area contributed by atoms with E-state index in [9.17, 15) is 24.0 Å². The fourth-order valence-electron chi connectivity index (χ4n) is 3.38. The number of carboxylic acid groups (broad SMARTS) is 1. The first-order valence-corrected chi connectivity index (χ1v) is 12.8. The van der Waals surface area contributed by atoms with E-state index in [-0.39, 0.29) is 29.5 Å². The van der Waals surface area contributed by atoms with Crippen molar-refractivity contribution in [3.63, 3.8) is 0 Å². The summed E-state index contributed by atoms with van der Waals surface area (Å²) in [5.41, 5.74) is 7.37. The minimum Gasteiger partial charge on any atom is -0.495 e. The van der Waals surface area contributed by atoms with Crippen molar-refractivity contribution in [2.75, 3.05) is 24.8 Å². The average Bonchev–Trinajstić information content (AvgIpc) is 2.94. The van der Waals surface area contributed by atoms with Gasteiger partial charge in [0.05, 0.1) is 18.8 Å². The Labute approximate surface area is 238 Å². The van der Waals surface area contributed by atoms with E-state index in [4.69, 9.17) is 20.3 Å². The van der Waals surface area contributed by atoms with Crippen LogP contribution in [0.15, 0.2) is 42.5 Å². The molecule has 0 aliphatic rings. The van der Waals surface area contributed by atoms with Crippen molar-refractivity contribution in [1.82, 2.24) is 10.2 Å². The molecule has 41 heavy (non-hydrogen) atoms. The quantitative estimate of drug-likeness (QED) is 0.255. The van der Waals surface area contributed by atoms with E-state index < -0.39 is 47.9 Å². The maximum absolute atomic E-state index is 12.6. The predicted octanol–water partition coefficient (Wildman–Crippen LogP) is 2.42. The number of nitrogens with zero attached hydrogens (tertiary/aromatic N) is 1. The first-order valence-electron chi connectivity index (χ1n) is 12.8. The molecule has 2 aromatic carbocycles. The summed E-state index contributed by atoms with van der Waals surface area (Å²) >= 11 is 0. The molecule has 13 heteroatoms. The lowest BCUT2D eigenvalue weighted by molar-refractivity contribution is -0.141. The standard InChI is InChI=1S/C28H37N5O8/c1-15(2)23(29)25(35)30-16(3)24(34)31-20-10-7-18(8-11-20)14-41-28(39)32-21-12-9-19(13-22(21)40-6)26(36)33(5)17(4)27(37)38/h7-13,15-17,23H,14,29H2,1-6H3,(H,30,35)(H,31,34)(H,32,39)(H,37,38)/t16?,17-,23-/m0/s1. The normalized spacial score (nSPS) is 12.9. The number of hydrogen-bond donors (Lipinski definition) is 5. The van der Waals surface area contributed by atoms with Crippen molar-refractivity contribution in [3.8, 4) is 5.75 Å². The van der Waals surface area contributed by atoms with E-state index in [1.807, 2.05) is 13.8 Å². The number of carboxylic acids is 1. The molecule has 0 bridgehead atoms. The number of methoxy groups -OCH3 is 1. The number of nitrogens with one attached hydrogen (secondary N) is 3. The zero-order valence-corrected chi connectivity index (χ0v) is 23.9. The topological polar surface area (TPSA) is 189 Å². The molecule has 0 heterocycles. The Balaban J connectivity index is 1.92. The van der Waals surface area contributed by atoms with Crippen LogP contribution >= 0.6 is 0 Å². The zero-order chi connectivity index (χ0) is 30.9. The molecule has 0 radical (unpaired) electrons. The van der Waals surface area contributed by atoms with E-state index in [1.54, 1.807) is 31.2 Å². The molecular weight excluding hydrogens is 534 g/mol. The fraction of sp³-hybridized carbons (Fsp3) is 0.393. The minimum absolute atomic E-state index is 0.0662. The fourth-order valence-corrected chi connectivity index (χ4v) is 3.38. The Morgan fingerprint density at radius 2 is 1.59 bits per heavy atom. The number of carbonyl (C=O) groups is 5. The smallest absolute Gasteiger partial charge is 0.412 e. The monoisotopic (exact) mass is 571 g/mol. The molecule has 0 aromatic heterocycles. The molecule has 0 spiro atoms. The molecule has 0 fully saturated rings. The van der Waals surface area contributed by atoms with Crippen molar-refractivity contribution in [1.29, 1.82) is 0 Å². The number of rotatable bonds is 12. The second-order valence-electron chi connectivity index (χ2n) is 9.73. The molecule has 13 nitrogen and oxygen atoms in total. The molecule has 2 aromatic rings. The predicted molar refractivity (Wildman–Crippen MR) is 151 cm³/mol. The van der Waals surface area contributed by atoms with Crippen LogP contribution < -0.4 is 26.4 Å². The first kappa shape index (κ1) is 32.6. The zero-order valence-electron chi connectivity index (χ0n) is 23.9. The maximum atomic E-state index is 12.6. The van der Waals surface area contributed by atoms with Crippen LogP contribution in [-0.4, -0.2) is 72.1 Å². The molecule has 2 rings (SSSR count). The number of benzene rings is 2. The van der Waals surface area contributed by atoms with E-state index in [0.717, 1.165) is 4.90 Å². The van der Waals surface area contributed by atoms with Crippen LogP contribution in [-0.2, 0) is 25.7 Å². The Kier molecular flexibility index (Phi) is 11.6. The molecule has 0 aliphatic heterocycles. The van der Waals surface area contributed by atoms with E-state index in [2.05, 4.69) is 16.0 Å². The number of ether oxygens (including phenoxy) is 2. The van der Waals surface area contributed by atoms with Crippen LogP contribution in [0.1, 0.15) is 43.6 Å². The van der Waals surface area contributed by atoms with Gasteiger partial charge in [0.15, 0.2) is 0 Å². The summed E-state index contributed by atoms with van der Waals surface area (Å²) < 4.78 is 10.5. The van der Waals surface area contributed by atoms with Gasteiger partial charge < -0.3 is 35.8 Å². The lowest BCUT2D eigenvalue weighted by Gasteiger charge is -2.22. The minimum atomic E-state index is -1.14. The van der Waals surface area contributed by atoms with Gasteiger partial charge in [-0.1, -0.05) is 26.0 Å². The number of hydrogen-bond acceptors (Lipinski definition) is 8. The van der Waals surface area contributed by atoms with Crippen molar-refractivity contribution < 1.29 is 38.6 Å². The number of aliphatic carboxylic acids is 1. The van der Waals surface area contributed by atoms with Crippen LogP contribution in [0.3, 0.4) is 0 Å². The van der Waals surface area contributed by atoms with Gasteiger partial charge in [0.1, 0.15) is 24.4 Å². The van der Waals surface area contributed by atoms with Gasteiger partial charge in [-0.3, -0.25) is 19.7 Å². The van der Waals surface area contributed by atoms with Crippen molar-refractivity contribution in [2.45, 2.75) is 52.4 Å². The number of nitrogens with two attached hydrogens (primary N) is 1. The van der Waals surface area contributed by atoms with Crippen LogP contribution in [0.5, 0.6) is 5.75 Å². The summed E-state index contributed by atoms with van der Waals surface area (Å²) in [6, 6.07) is 8.32. The lowest BCUT2D eigenvalue weighted by Crippen LogP contribution is -2.50. The van der Waals surface area contributed by atoms with Crippen LogP contribution in [0.25, 0.3) is 0 Å². The summed E-state index contributed by atoms with van der Waals surface area (Å²) in [6.45, 7) is 6.50. The van der Waals surface area contributed by atoms with Crippen molar-refractivity contribution in [2.24, 2.45) is 11.7 Å². The Bertz CT molecular complexity index is 1260. The highest BCUT2D eigenvalue weighted by Gasteiger charge is 2.24. The molecule has 222 valence electrons. The second kappa shape index (κ2) is 14.7. The first-order chi connectivity index (χ1) is 19.2. The third-order valence-electron chi connectivity index (χ3n) is 6.31. The number of carbonyl (C=O) groups excluding carboxylic acids is 4. The molecule has 3 atom stereocenters. The lowest BCUT2D eigenvalue weighted by atomic mass is 10.0. The molecule has 0 saturated carbocycles. The van der Waals surface area contributed by atoms with Crippen molar-refractivity contribution >= 4 is 41.2 Å². The highest BCUT2D eigenvalue weighted by molar-refractivity contribution is 5.98. The largest absolute Gasteiger partial charge is 0.495 e. The Morgan fingerprint density at radius 1 is 0.951 bits per heavy atom. The second-order valence-corrected chi connectivity index (χ2v) is 9.73. The summed E-state index contributed by atoms with van der Waals surface area (Å²) in [6.07, 6.45) is -0.777. The molecular formula is C28H37N5O8. The van der Waals surface area contributed by atoms with Crippen molar-refractivity contribution in [3.05, 3.63) is 53.6 Å². The van der Waals surface area contributed by atoms with Gasteiger partial charge >= 0.3 is 12.1 Å². The highest BCUT2D eigenvalue weighted by atomic mass is 16.5. The van der Waals surface area contributed by atoms with Gasteiger partial charge in [-0.2, -0.15) is 0 Å². The third kappa shape index (κ3) is 9.21. The van der Waals surface area contributed by atoms with E-state index in [0.29, 0.717) is 11.3 Å². The third-order valence-corrected chi connectivity index (χ3v) is 6.31. The number of amides is 4. The number of anilines is 2. The summed E-state index contributed by atoms with van der Waals surface area (Å²) in [7, 11) is 2.74. The highest BCUT2D eigenvalue weighted by Crippen LogP contribution is 2.27. The summed E-state index contributed by atoms with van der Waals surface area (Å²) in [5.74, 6) is -2.38. The van der Waals surface area contributed by atoms with Gasteiger partial charge in [-0.15, -0.1) is 0 Å². The molecule has 0 aliphatic carbocycles. The van der Waals surface area contributed by atoms with Crippen LogP contribution in [0.2, 0.25) is 0 Å². The SMILES string of the molecule is COc1cc(C(=O)N(C)[C@@H](C)C(=O)O)ccc1NC(=O)OCc1ccc(NC(=O)C(C)NC(=O)[C@@H](N)C(C)C)cc1. The van der Waals surface area contributed by atoms with E-state index >= 15 is 0 Å². The van der Waals surface area contributed by atoms with Crippen LogP contribution in [0, 0.1) is 5.92 Å². The molecule has 1 unspecified atom stereocenters. The van der Waals surface area contributed by atoms with Gasteiger partial charge in [0.25, 0.3) is 5.91 Å². The Morgan fingerprint density at radius 3 is 2.15 bits per heavy atom. The van der Waals surface area contributed by atoms with Gasteiger partial charge in [0, 0.05) is 18.3 Å². The van der Waals surface area contributed by atoms with E-state index in [1.165, 1.54) is 39.3 Å². The van der Waals surface area contributed by atoms with Gasteiger partial charge in [-0.25, -0.2) is 9.59 Å². The molecule has 0 saturated heterocycles. The maximum Gasteiger partial charge on any atom is 0.412 e. The molecule has 6 N–H and O–H groups in total. The van der Waals surface area contributed by atoms with Gasteiger partial charge in [0.2, 0.25) is 11.8 Å².